The van der Waals surface area contributed by atoms with Gasteiger partial charge in [-0.25, -0.2) is 0 Å². The molecule has 0 radical (unpaired) electrons. The van der Waals surface area contributed by atoms with E-state index in [1.807, 2.05) is 24.4 Å². The van der Waals surface area contributed by atoms with Crippen molar-refractivity contribution < 1.29 is 13.2 Å². The second-order valence-corrected chi connectivity index (χ2v) is 8.93. The first-order valence-corrected chi connectivity index (χ1v) is 10.4. The molecule has 1 saturated carbocycles. The molecule has 0 N–H and O–H groups in total. The van der Waals surface area contributed by atoms with E-state index in [4.69, 9.17) is 0 Å². The number of fused-ring (bicyclic) bond motifs is 1. The molecule has 3 nitrogen and oxygen atoms in total. The van der Waals surface area contributed by atoms with Crippen LogP contribution in [0.15, 0.2) is 65.7 Å². The first kappa shape index (κ1) is 18.8. The van der Waals surface area contributed by atoms with Crippen LogP contribution in [0.5, 0.6) is 0 Å². The van der Waals surface area contributed by atoms with E-state index in [1.165, 1.54) is 10.9 Å². The highest BCUT2D eigenvalue weighted by Gasteiger charge is 2.53. The maximum atomic E-state index is 12.6. The Labute approximate surface area is 171 Å². The zero-order valence-electron chi connectivity index (χ0n) is 15.7. The first-order chi connectivity index (χ1) is 13.9. The molecular weight excluding hydrogens is 395 g/mol. The first-order valence-electron chi connectivity index (χ1n) is 9.60. The molecule has 1 aliphatic carbocycles. The van der Waals surface area contributed by atoms with E-state index in [1.54, 1.807) is 24.3 Å². The average Bonchev–Trinajstić information content (AvgIpc) is 3.38. The number of anilines is 1. The SMILES string of the molecule is FC(F)(F)Sc1ccc(N2CN(Cc3ccnc4ccccc34)C3(CC3)C2)cc1. The molecule has 150 valence electrons. The van der Waals surface area contributed by atoms with E-state index in [-0.39, 0.29) is 22.2 Å². The summed E-state index contributed by atoms with van der Waals surface area (Å²) in [5.74, 6) is 0. The summed E-state index contributed by atoms with van der Waals surface area (Å²) in [5.41, 5.74) is -0.824. The van der Waals surface area contributed by atoms with Crippen LogP contribution < -0.4 is 4.90 Å². The van der Waals surface area contributed by atoms with Crippen molar-refractivity contribution in [3.8, 4) is 0 Å². The molecule has 2 heterocycles. The summed E-state index contributed by atoms with van der Waals surface area (Å²) in [7, 11) is 0. The van der Waals surface area contributed by atoms with Gasteiger partial charge in [0, 0.05) is 40.8 Å². The summed E-state index contributed by atoms with van der Waals surface area (Å²) in [4.78, 5) is 9.46. The number of rotatable bonds is 4. The van der Waals surface area contributed by atoms with Gasteiger partial charge >= 0.3 is 5.51 Å². The van der Waals surface area contributed by atoms with Crippen molar-refractivity contribution >= 4 is 28.4 Å². The monoisotopic (exact) mass is 415 g/mol. The molecule has 2 fully saturated rings. The van der Waals surface area contributed by atoms with Gasteiger partial charge < -0.3 is 4.90 Å². The zero-order chi connectivity index (χ0) is 20.1. The van der Waals surface area contributed by atoms with Crippen molar-refractivity contribution in [2.45, 2.75) is 35.3 Å². The van der Waals surface area contributed by atoms with E-state index < -0.39 is 5.51 Å². The lowest BCUT2D eigenvalue weighted by Crippen LogP contribution is -2.32. The normalized spacial score (nSPS) is 18.7. The van der Waals surface area contributed by atoms with Crippen LogP contribution in [-0.4, -0.2) is 34.1 Å². The standard InChI is InChI=1S/C22H20F3N3S/c23-22(24,25)29-18-7-5-17(6-8-18)27-14-21(10-11-21)28(15-27)13-16-9-12-26-20-4-2-1-3-19(16)20/h1-9,12H,10-11,13-15H2. The fourth-order valence-corrected chi connectivity index (χ4v) is 4.77. The van der Waals surface area contributed by atoms with Gasteiger partial charge in [-0.2, -0.15) is 13.2 Å². The molecule has 1 aliphatic heterocycles. The minimum atomic E-state index is -4.25. The summed E-state index contributed by atoms with van der Waals surface area (Å²) in [6, 6.07) is 17.0. The van der Waals surface area contributed by atoms with Crippen molar-refractivity contribution in [2.75, 3.05) is 18.1 Å². The molecule has 3 aromatic rings. The van der Waals surface area contributed by atoms with E-state index >= 15 is 0 Å². The molecule has 1 saturated heterocycles. The van der Waals surface area contributed by atoms with Crippen LogP contribution >= 0.6 is 11.8 Å². The molecule has 2 aromatic carbocycles. The zero-order valence-corrected chi connectivity index (χ0v) is 16.5. The number of pyridine rings is 1. The Morgan fingerprint density at radius 3 is 2.48 bits per heavy atom. The van der Waals surface area contributed by atoms with Crippen LogP contribution in [-0.2, 0) is 6.54 Å². The molecule has 0 atom stereocenters. The van der Waals surface area contributed by atoms with Crippen LogP contribution in [0.4, 0.5) is 18.9 Å². The van der Waals surface area contributed by atoms with Crippen LogP contribution in [0.1, 0.15) is 18.4 Å². The highest BCUT2D eigenvalue weighted by atomic mass is 32.2. The predicted molar refractivity (Wildman–Crippen MR) is 110 cm³/mol. The summed E-state index contributed by atoms with van der Waals surface area (Å²) >= 11 is -0.0673. The lowest BCUT2D eigenvalue weighted by molar-refractivity contribution is -0.0328. The van der Waals surface area contributed by atoms with E-state index in [9.17, 15) is 13.2 Å². The van der Waals surface area contributed by atoms with Crippen molar-refractivity contribution in [1.29, 1.82) is 0 Å². The molecule has 0 bridgehead atoms. The Morgan fingerprint density at radius 1 is 1.00 bits per heavy atom. The van der Waals surface area contributed by atoms with Crippen molar-refractivity contribution in [2.24, 2.45) is 0 Å². The second-order valence-electron chi connectivity index (χ2n) is 7.79. The van der Waals surface area contributed by atoms with Gasteiger partial charge in [-0.15, -0.1) is 0 Å². The molecule has 2 aliphatic rings. The van der Waals surface area contributed by atoms with Gasteiger partial charge in [0.05, 0.1) is 12.2 Å². The maximum Gasteiger partial charge on any atom is 0.446 e. The van der Waals surface area contributed by atoms with Gasteiger partial charge in [0.15, 0.2) is 0 Å². The number of aromatic nitrogens is 1. The summed E-state index contributed by atoms with van der Waals surface area (Å²) in [5, 5.41) is 1.18. The number of benzene rings is 2. The van der Waals surface area contributed by atoms with Gasteiger partial charge in [-0.05, 0) is 66.6 Å². The Balaban J connectivity index is 1.35. The third-order valence-electron chi connectivity index (χ3n) is 5.86. The Hall–Kier alpha value is -2.25. The van der Waals surface area contributed by atoms with Gasteiger partial charge in [0.1, 0.15) is 0 Å². The van der Waals surface area contributed by atoms with Crippen LogP contribution in [0.3, 0.4) is 0 Å². The number of alkyl halides is 3. The third kappa shape index (κ3) is 3.81. The molecule has 5 rings (SSSR count). The number of hydrogen-bond acceptors (Lipinski definition) is 4. The topological polar surface area (TPSA) is 19.4 Å². The number of hydrogen-bond donors (Lipinski definition) is 0. The fourth-order valence-electron chi connectivity index (χ4n) is 4.23. The van der Waals surface area contributed by atoms with Gasteiger partial charge in [0.2, 0.25) is 0 Å². The predicted octanol–water partition coefficient (Wildman–Crippen LogP) is 5.66. The fraction of sp³-hybridized carbons (Fsp3) is 0.318. The van der Waals surface area contributed by atoms with Crippen LogP contribution in [0.25, 0.3) is 10.9 Å². The quantitative estimate of drug-likeness (QED) is 0.512. The minimum absolute atomic E-state index is 0.0673. The molecule has 1 spiro atoms. The molecular formula is C22H20F3N3S. The number of nitrogens with zero attached hydrogens (tertiary/aromatic N) is 3. The lowest BCUT2D eigenvalue weighted by atomic mass is 10.1. The molecule has 1 aromatic heterocycles. The van der Waals surface area contributed by atoms with E-state index in [0.29, 0.717) is 0 Å². The maximum absolute atomic E-state index is 12.6. The van der Waals surface area contributed by atoms with E-state index in [0.717, 1.165) is 43.8 Å². The van der Waals surface area contributed by atoms with Crippen LogP contribution in [0.2, 0.25) is 0 Å². The molecule has 0 unspecified atom stereocenters. The second kappa shape index (κ2) is 6.92. The number of halogens is 3. The molecule has 29 heavy (non-hydrogen) atoms. The third-order valence-corrected chi connectivity index (χ3v) is 6.60. The minimum Gasteiger partial charge on any atom is -0.357 e. The van der Waals surface area contributed by atoms with Crippen molar-refractivity contribution in [3.63, 3.8) is 0 Å². The molecule has 7 heteroatoms. The van der Waals surface area contributed by atoms with Crippen molar-refractivity contribution in [1.82, 2.24) is 9.88 Å². The Bertz CT molecular complexity index is 1030. The lowest BCUT2D eigenvalue weighted by Gasteiger charge is -2.23. The summed E-state index contributed by atoms with van der Waals surface area (Å²) < 4.78 is 37.7. The Morgan fingerprint density at radius 2 is 1.76 bits per heavy atom. The summed E-state index contributed by atoms with van der Waals surface area (Å²) in [6.07, 6.45) is 4.19. The largest absolute Gasteiger partial charge is 0.446 e. The van der Waals surface area contributed by atoms with Gasteiger partial charge in [-0.3, -0.25) is 9.88 Å². The van der Waals surface area contributed by atoms with Gasteiger partial charge in [0.25, 0.3) is 0 Å². The molecule has 0 amide bonds. The van der Waals surface area contributed by atoms with Crippen LogP contribution in [0, 0.1) is 0 Å². The Kier molecular flexibility index (Phi) is 4.47. The highest BCUT2D eigenvalue weighted by molar-refractivity contribution is 8.00. The van der Waals surface area contributed by atoms with E-state index in [2.05, 4.69) is 26.9 Å². The highest BCUT2D eigenvalue weighted by Crippen LogP contribution is 2.48. The smallest absolute Gasteiger partial charge is 0.357 e. The summed E-state index contributed by atoms with van der Waals surface area (Å²) in [6.45, 7) is 2.55. The van der Waals surface area contributed by atoms with Crippen molar-refractivity contribution in [3.05, 3.63) is 66.4 Å². The average molecular weight is 415 g/mol. The van der Waals surface area contributed by atoms with Gasteiger partial charge in [-0.1, -0.05) is 18.2 Å². The number of thioether (sulfide) groups is 1. The number of para-hydroxylation sites is 1.